The first-order valence-electron chi connectivity index (χ1n) is 5.16. The predicted octanol–water partition coefficient (Wildman–Crippen LogP) is 3.03. The Bertz CT molecular complexity index is 375. The third-order valence-electron chi connectivity index (χ3n) is 2.16. The third kappa shape index (κ3) is 4.87. The SMILES string of the molecule is Cc1cc(NCCOCC(F)F)c(Br)cc1N. The lowest BCUT2D eigenvalue weighted by Gasteiger charge is -2.11. The molecule has 0 heterocycles. The van der Waals surface area contributed by atoms with Gasteiger partial charge >= 0.3 is 0 Å². The van der Waals surface area contributed by atoms with Crippen LogP contribution in [-0.2, 0) is 4.74 Å². The number of nitrogen functional groups attached to an aromatic ring is 1. The van der Waals surface area contributed by atoms with Gasteiger partial charge in [0.15, 0.2) is 0 Å². The molecular formula is C11H15BrF2N2O. The number of anilines is 2. The van der Waals surface area contributed by atoms with Crippen LogP contribution in [0.3, 0.4) is 0 Å². The molecule has 0 aliphatic heterocycles. The van der Waals surface area contributed by atoms with E-state index in [2.05, 4.69) is 21.2 Å². The van der Waals surface area contributed by atoms with Crippen molar-refractivity contribution in [2.45, 2.75) is 13.3 Å². The van der Waals surface area contributed by atoms with Gasteiger partial charge in [-0.15, -0.1) is 0 Å². The largest absolute Gasteiger partial charge is 0.398 e. The van der Waals surface area contributed by atoms with E-state index in [4.69, 9.17) is 10.5 Å². The maximum absolute atomic E-state index is 11.8. The second-order valence-corrected chi connectivity index (χ2v) is 4.44. The molecule has 0 aliphatic carbocycles. The van der Waals surface area contributed by atoms with Crippen molar-refractivity contribution in [2.24, 2.45) is 0 Å². The molecule has 0 spiro atoms. The number of nitrogens with one attached hydrogen (secondary N) is 1. The quantitative estimate of drug-likeness (QED) is 0.627. The number of alkyl halides is 2. The minimum atomic E-state index is -2.42. The van der Waals surface area contributed by atoms with Crippen molar-refractivity contribution < 1.29 is 13.5 Å². The highest BCUT2D eigenvalue weighted by molar-refractivity contribution is 9.10. The van der Waals surface area contributed by atoms with Gasteiger partial charge in [0.25, 0.3) is 6.43 Å². The van der Waals surface area contributed by atoms with Crippen LogP contribution in [-0.4, -0.2) is 26.2 Å². The van der Waals surface area contributed by atoms with Crippen molar-refractivity contribution in [3.8, 4) is 0 Å². The summed E-state index contributed by atoms with van der Waals surface area (Å²) >= 11 is 3.37. The lowest BCUT2D eigenvalue weighted by molar-refractivity contribution is 0.0215. The molecule has 17 heavy (non-hydrogen) atoms. The summed E-state index contributed by atoms with van der Waals surface area (Å²) in [6.45, 7) is 2.08. The molecule has 0 bridgehead atoms. The summed E-state index contributed by atoms with van der Waals surface area (Å²) in [6, 6.07) is 3.70. The first-order chi connectivity index (χ1) is 8.00. The van der Waals surface area contributed by atoms with Gasteiger partial charge in [-0.05, 0) is 40.5 Å². The van der Waals surface area contributed by atoms with Gasteiger partial charge in [0.2, 0.25) is 0 Å². The van der Waals surface area contributed by atoms with E-state index in [0.717, 1.165) is 15.7 Å². The second kappa shape index (κ2) is 6.76. The molecule has 0 unspecified atom stereocenters. The highest BCUT2D eigenvalue weighted by atomic mass is 79.9. The predicted molar refractivity (Wildman–Crippen MR) is 68.6 cm³/mol. The van der Waals surface area contributed by atoms with Crippen LogP contribution in [0.15, 0.2) is 16.6 Å². The van der Waals surface area contributed by atoms with E-state index in [0.29, 0.717) is 12.2 Å². The molecule has 96 valence electrons. The first-order valence-corrected chi connectivity index (χ1v) is 5.95. The topological polar surface area (TPSA) is 47.3 Å². The number of ether oxygens (including phenoxy) is 1. The minimum Gasteiger partial charge on any atom is -0.398 e. The van der Waals surface area contributed by atoms with E-state index in [1.54, 1.807) is 6.07 Å². The molecule has 0 aromatic heterocycles. The number of rotatable bonds is 6. The molecule has 0 aliphatic rings. The molecule has 1 aromatic carbocycles. The monoisotopic (exact) mass is 308 g/mol. The smallest absolute Gasteiger partial charge is 0.261 e. The number of aryl methyl sites for hydroxylation is 1. The third-order valence-corrected chi connectivity index (χ3v) is 2.82. The molecule has 0 saturated carbocycles. The van der Waals surface area contributed by atoms with Crippen LogP contribution >= 0.6 is 15.9 Å². The van der Waals surface area contributed by atoms with Gasteiger partial charge in [0.05, 0.1) is 6.61 Å². The van der Waals surface area contributed by atoms with Crippen LogP contribution in [0.1, 0.15) is 5.56 Å². The molecule has 3 N–H and O–H groups in total. The van der Waals surface area contributed by atoms with Gasteiger partial charge in [-0.2, -0.15) is 0 Å². The van der Waals surface area contributed by atoms with Crippen molar-refractivity contribution in [1.29, 1.82) is 0 Å². The number of nitrogens with two attached hydrogens (primary N) is 1. The van der Waals surface area contributed by atoms with Gasteiger partial charge in [0.1, 0.15) is 6.61 Å². The van der Waals surface area contributed by atoms with E-state index >= 15 is 0 Å². The van der Waals surface area contributed by atoms with Gasteiger partial charge < -0.3 is 15.8 Å². The standard InChI is InChI=1S/C11H15BrF2N2O/c1-7-4-10(8(12)5-9(7)15)16-2-3-17-6-11(13)14/h4-5,11,16H,2-3,6,15H2,1H3. The summed E-state index contributed by atoms with van der Waals surface area (Å²) in [7, 11) is 0. The number of hydrogen-bond acceptors (Lipinski definition) is 3. The van der Waals surface area contributed by atoms with Gasteiger partial charge in [-0.1, -0.05) is 0 Å². The molecular weight excluding hydrogens is 294 g/mol. The Morgan fingerprint density at radius 2 is 2.18 bits per heavy atom. The molecule has 1 aromatic rings. The van der Waals surface area contributed by atoms with E-state index in [9.17, 15) is 8.78 Å². The normalized spacial score (nSPS) is 10.9. The maximum Gasteiger partial charge on any atom is 0.261 e. The molecule has 0 amide bonds. The van der Waals surface area contributed by atoms with Gasteiger partial charge in [0, 0.05) is 22.4 Å². The molecule has 0 atom stereocenters. The van der Waals surface area contributed by atoms with E-state index in [1.807, 2.05) is 13.0 Å². The Kier molecular flexibility index (Phi) is 5.64. The Morgan fingerprint density at radius 1 is 1.47 bits per heavy atom. The van der Waals surface area contributed by atoms with Gasteiger partial charge in [-0.25, -0.2) is 8.78 Å². The Hall–Kier alpha value is -0.880. The fourth-order valence-corrected chi connectivity index (χ4v) is 1.76. The Morgan fingerprint density at radius 3 is 2.82 bits per heavy atom. The zero-order valence-corrected chi connectivity index (χ0v) is 11.1. The minimum absolute atomic E-state index is 0.236. The fraction of sp³-hybridized carbons (Fsp3) is 0.455. The Labute approximate surface area is 107 Å². The van der Waals surface area contributed by atoms with Crippen molar-refractivity contribution in [3.63, 3.8) is 0 Å². The Balaban J connectivity index is 2.39. The zero-order chi connectivity index (χ0) is 12.8. The van der Waals surface area contributed by atoms with Crippen LogP contribution in [0.4, 0.5) is 20.2 Å². The summed E-state index contributed by atoms with van der Waals surface area (Å²) in [5.41, 5.74) is 8.27. The average molecular weight is 309 g/mol. The first kappa shape index (κ1) is 14.2. The molecule has 0 saturated heterocycles. The summed E-state index contributed by atoms with van der Waals surface area (Å²) in [4.78, 5) is 0. The van der Waals surface area contributed by atoms with Crippen LogP contribution in [0.5, 0.6) is 0 Å². The van der Waals surface area contributed by atoms with Crippen molar-refractivity contribution in [3.05, 3.63) is 22.2 Å². The van der Waals surface area contributed by atoms with E-state index < -0.39 is 13.0 Å². The summed E-state index contributed by atoms with van der Waals surface area (Å²) in [6.07, 6.45) is -2.42. The number of halogens is 3. The van der Waals surface area contributed by atoms with Crippen LogP contribution in [0, 0.1) is 6.92 Å². The highest BCUT2D eigenvalue weighted by Gasteiger charge is 2.04. The second-order valence-electron chi connectivity index (χ2n) is 3.58. The summed E-state index contributed by atoms with van der Waals surface area (Å²) in [5, 5.41) is 3.08. The number of benzene rings is 1. The maximum atomic E-state index is 11.8. The molecule has 3 nitrogen and oxygen atoms in total. The summed E-state index contributed by atoms with van der Waals surface area (Å²) in [5.74, 6) is 0. The fourth-order valence-electron chi connectivity index (χ4n) is 1.26. The molecule has 0 radical (unpaired) electrons. The highest BCUT2D eigenvalue weighted by Crippen LogP contribution is 2.27. The lowest BCUT2D eigenvalue weighted by atomic mass is 10.2. The zero-order valence-electron chi connectivity index (χ0n) is 9.47. The molecule has 0 fully saturated rings. The van der Waals surface area contributed by atoms with Crippen LogP contribution in [0.25, 0.3) is 0 Å². The van der Waals surface area contributed by atoms with Crippen molar-refractivity contribution in [1.82, 2.24) is 0 Å². The summed E-state index contributed by atoms with van der Waals surface area (Å²) < 4.78 is 29.2. The average Bonchev–Trinajstić information content (AvgIpc) is 2.24. The van der Waals surface area contributed by atoms with Crippen molar-refractivity contribution >= 4 is 27.3 Å². The number of hydrogen-bond donors (Lipinski definition) is 2. The van der Waals surface area contributed by atoms with Crippen molar-refractivity contribution in [2.75, 3.05) is 30.8 Å². The van der Waals surface area contributed by atoms with E-state index in [-0.39, 0.29) is 6.61 Å². The van der Waals surface area contributed by atoms with E-state index in [1.165, 1.54) is 0 Å². The van der Waals surface area contributed by atoms with Crippen LogP contribution in [0.2, 0.25) is 0 Å². The van der Waals surface area contributed by atoms with Gasteiger partial charge in [-0.3, -0.25) is 0 Å². The molecule has 1 rings (SSSR count). The van der Waals surface area contributed by atoms with Crippen LogP contribution < -0.4 is 11.1 Å². The lowest BCUT2D eigenvalue weighted by Crippen LogP contribution is -2.13. The molecule has 6 heteroatoms.